The molecular formula is C17H26N2O3. The van der Waals surface area contributed by atoms with Crippen molar-refractivity contribution in [3.63, 3.8) is 0 Å². The number of carbonyl (C=O) groups is 2. The monoisotopic (exact) mass is 306 g/mol. The molecule has 1 saturated heterocycles. The first-order valence-electron chi connectivity index (χ1n) is 7.64. The maximum Gasteiger partial charge on any atom is 0.308 e. The Kier molecular flexibility index (Phi) is 6.53. The van der Waals surface area contributed by atoms with Crippen LogP contribution in [0, 0.1) is 17.8 Å². The molecule has 0 radical (unpaired) electrons. The SMILES string of the molecule is C=C(C(=O)N1CC(C)CC(C(=O)O)C1)C(C)C(C)=N/C=C\C. The number of amides is 1. The average molecular weight is 306 g/mol. The number of hydrogen-bond acceptors (Lipinski definition) is 3. The Morgan fingerprint density at radius 2 is 2.05 bits per heavy atom. The maximum absolute atomic E-state index is 12.6. The molecule has 3 unspecified atom stereocenters. The Bertz CT molecular complexity index is 508. The molecule has 1 N–H and O–H groups in total. The summed E-state index contributed by atoms with van der Waals surface area (Å²) in [4.78, 5) is 29.7. The van der Waals surface area contributed by atoms with Gasteiger partial charge in [-0.1, -0.05) is 26.5 Å². The molecule has 0 aromatic heterocycles. The first kappa shape index (κ1) is 18.1. The fourth-order valence-corrected chi connectivity index (χ4v) is 2.64. The third kappa shape index (κ3) is 4.55. The molecule has 0 saturated carbocycles. The van der Waals surface area contributed by atoms with Gasteiger partial charge in [-0.25, -0.2) is 0 Å². The molecule has 0 spiro atoms. The molecule has 0 aliphatic carbocycles. The molecule has 0 bridgehead atoms. The molecule has 0 aromatic rings. The van der Waals surface area contributed by atoms with Crippen LogP contribution in [0.1, 0.15) is 34.1 Å². The van der Waals surface area contributed by atoms with Gasteiger partial charge < -0.3 is 10.0 Å². The fraction of sp³-hybridized carbons (Fsp3) is 0.588. The number of nitrogens with zero attached hydrogens (tertiary/aromatic N) is 2. The van der Waals surface area contributed by atoms with E-state index in [1.807, 2.05) is 33.8 Å². The van der Waals surface area contributed by atoms with Gasteiger partial charge in [0.25, 0.3) is 0 Å². The van der Waals surface area contributed by atoms with E-state index < -0.39 is 11.9 Å². The van der Waals surface area contributed by atoms with Gasteiger partial charge in [0.1, 0.15) is 0 Å². The van der Waals surface area contributed by atoms with Crippen LogP contribution in [0.3, 0.4) is 0 Å². The van der Waals surface area contributed by atoms with Crippen LogP contribution in [0.2, 0.25) is 0 Å². The van der Waals surface area contributed by atoms with Crippen molar-refractivity contribution in [1.82, 2.24) is 4.90 Å². The van der Waals surface area contributed by atoms with Gasteiger partial charge in [0.2, 0.25) is 5.91 Å². The molecule has 0 aromatic carbocycles. The van der Waals surface area contributed by atoms with Crippen molar-refractivity contribution >= 4 is 17.6 Å². The van der Waals surface area contributed by atoms with Crippen molar-refractivity contribution in [2.45, 2.75) is 34.1 Å². The molecule has 22 heavy (non-hydrogen) atoms. The topological polar surface area (TPSA) is 70.0 Å². The molecule has 5 nitrogen and oxygen atoms in total. The summed E-state index contributed by atoms with van der Waals surface area (Å²) < 4.78 is 0. The second kappa shape index (κ2) is 7.92. The van der Waals surface area contributed by atoms with Crippen LogP contribution in [-0.4, -0.2) is 40.7 Å². The fourth-order valence-electron chi connectivity index (χ4n) is 2.64. The van der Waals surface area contributed by atoms with E-state index in [1.165, 1.54) is 0 Å². The summed E-state index contributed by atoms with van der Waals surface area (Å²) in [5, 5.41) is 9.20. The zero-order valence-corrected chi connectivity index (χ0v) is 13.9. The number of aliphatic carboxylic acids is 1. The second-order valence-electron chi connectivity index (χ2n) is 6.09. The number of aliphatic imine (C=N–C) groups is 1. The normalized spacial score (nSPS) is 24.4. The summed E-state index contributed by atoms with van der Waals surface area (Å²) in [5.41, 5.74) is 1.28. The van der Waals surface area contributed by atoms with E-state index in [1.54, 1.807) is 11.1 Å². The minimum atomic E-state index is -0.839. The van der Waals surface area contributed by atoms with Gasteiger partial charge in [-0.2, -0.15) is 0 Å². The Morgan fingerprint density at radius 3 is 2.59 bits per heavy atom. The lowest BCUT2D eigenvalue weighted by Crippen LogP contribution is -2.46. The van der Waals surface area contributed by atoms with Crippen molar-refractivity contribution in [2.75, 3.05) is 13.1 Å². The minimum Gasteiger partial charge on any atom is -0.481 e. The summed E-state index contributed by atoms with van der Waals surface area (Å²) in [6.07, 6.45) is 4.13. The molecule has 1 aliphatic rings. The Morgan fingerprint density at radius 1 is 1.41 bits per heavy atom. The highest BCUT2D eigenvalue weighted by molar-refractivity contribution is 6.01. The quantitative estimate of drug-likeness (QED) is 0.627. The largest absolute Gasteiger partial charge is 0.481 e. The van der Waals surface area contributed by atoms with Gasteiger partial charge in [-0.3, -0.25) is 14.6 Å². The molecule has 122 valence electrons. The first-order valence-corrected chi connectivity index (χ1v) is 7.64. The van der Waals surface area contributed by atoms with Gasteiger partial charge in [0.05, 0.1) is 5.92 Å². The summed E-state index contributed by atoms with van der Waals surface area (Å²) in [6, 6.07) is 0. The third-order valence-corrected chi connectivity index (χ3v) is 4.15. The Labute approximate surface area is 132 Å². The number of rotatable bonds is 5. The number of carboxylic acids is 1. The van der Waals surface area contributed by atoms with E-state index in [0.717, 1.165) is 5.71 Å². The van der Waals surface area contributed by atoms with E-state index in [-0.39, 0.29) is 24.3 Å². The van der Waals surface area contributed by atoms with Crippen LogP contribution in [-0.2, 0) is 9.59 Å². The van der Waals surface area contributed by atoms with Gasteiger partial charge in [0.15, 0.2) is 0 Å². The molecule has 5 heteroatoms. The lowest BCUT2D eigenvalue weighted by Gasteiger charge is -2.35. The summed E-state index contributed by atoms with van der Waals surface area (Å²) in [7, 11) is 0. The van der Waals surface area contributed by atoms with Crippen LogP contribution in [0.25, 0.3) is 0 Å². The van der Waals surface area contributed by atoms with Crippen molar-refractivity contribution in [1.29, 1.82) is 0 Å². The van der Waals surface area contributed by atoms with Gasteiger partial charge in [-0.15, -0.1) is 0 Å². The molecule has 1 aliphatic heterocycles. The smallest absolute Gasteiger partial charge is 0.308 e. The zero-order chi connectivity index (χ0) is 16.9. The molecule has 3 atom stereocenters. The summed E-state index contributed by atoms with van der Waals surface area (Å²) in [6.45, 7) is 12.4. The summed E-state index contributed by atoms with van der Waals surface area (Å²) in [5.74, 6) is -1.48. The van der Waals surface area contributed by atoms with Gasteiger partial charge in [-0.05, 0) is 26.2 Å². The third-order valence-electron chi connectivity index (χ3n) is 4.15. The minimum absolute atomic E-state index is 0.163. The van der Waals surface area contributed by atoms with Crippen LogP contribution in [0.15, 0.2) is 29.4 Å². The van der Waals surface area contributed by atoms with Gasteiger partial charge >= 0.3 is 5.97 Å². The lowest BCUT2D eigenvalue weighted by molar-refractivity contribution is -0.146. The number of carbonyl (C=O) groups excluding carboxylic acids is 1. The number of piperidine rings is 1. The number of allylic oxidation sites excluding steroid dienone is 1. The van der Waals surface area contributed by atoms with E-state index in [4.69, 9.17) is 0 Å². The van der Waals surface area contributed by atoms with Crippen LogP contribution >= 0.6 is 0 Å². The van der Waals surface area contributed by atoms with Gasteiger partial charge in [0, 0.05) is 36.5 Å². The number of likely N-dealkylation sites (tertiary alicyclic amines) is 1. The maximum atomic E-state index is 12.6. The highest BCUT2D eigenvalue weighted by Crippen LogP contribution is 2.24. The van der Waals surface area contributed by atoms with E-state index in [9.17, 15) is 14.7 Å². The highest BCUT2D eigenvalue weighted by Gasteiger charge is 2.33. The molecule has 1 amide bonds. The van der Waals surface area contributed by atoms with E-state index in [2.05, 4.69) is 11.6 Å². The van der Waals surface area contributed by atoms with Crippen LogP contribution < -0.4 is 0 Å². The van der Waals surface area contributed by atoms with E-state index >= 15 is 0 Å². The highest BCUT2D eigenvalue weighted by atomic mass is 16.4. The second-order valence-corrected chi connectivity index (χ2v) is 6.09. The molecular weight excluding hydrogens is 280 g/mol. The zero-order valence-electron chi connectivity index (χ0n) is 13.9. The van der Waals surface area contributed by atoms with Crippen LogP contribution in [0.5, 0.6) is 0 Å². The lowest BCUT2D eigenvalue weighted by atomic mass is 9.89. The predicted molar refractivity (Wildman–Crippen MR) is 87.7 cm³/mol. The number of carboxylic acid groups (broad SMARTS) is 1. The van der Waals surface area contributed by atoms with E-state index in [0.29, 0.717) is 18.5 Å². The molecule has 1 fully saturated rings. The Hall–Kier alpha value is -1.91. The Balaban J connectivity index is 2.81. The van der Waals surface area contributed by atoms with Crippen molar-refractivity contribution in [2.24, 2.45) is 22.7 Å². The van der Waals surface area contributed by atoms with Crippen molar-refractivity contribution < 1.29 is 14.7 Å². The summed E-state index contributed by atoms with van der Waals surface area (Å²) >= 11 is 0. The molecule has 1 heterocycles. The molecule has 1 rings (SSSR count). The first-order chi connectivity index (χ1) is 10.3. The number of hydrogen-bond donors (Lipinski definition) is 1. The van der Waals surface area contributed by atoms with Crippen molar-refractivity contribution in [3.8, 4) is 0 Å². The predicted octanol–water partition coefficient (Wildman–Crippen LogP) is 2.74. The van der Waals surface area contributed by atoms with Crippen molar-refractivity contribution in [3.05, 3.63) is 24.4 Å². The standard InChI is InChI=1S/C17H26N2O3/c1-6-7-18-14(5)12(3)13(4)16(20)19-9-11(2)8-15(10-19)17(21)22/h6-7,11-12,15H,4,8-10H2,1-3,5H3,(H,21,22)/b7-6-,18-14?. The average Bonchev–Trinajstić information content (AvgIpc) is 2.49. The van der Waals surface area contributed by atoms with Crippen LogP contribution in [0.4, 0.5) is 0 Å².